The first kappa shape index (κ1) is 18.0. The van der Waals surface area contributed by atoms with Crippen molar-refractivity contribution in [2.45, 2.75) is 6.18 Å². The van der Waals surface area contributed by atoms with Crippen molar-refractivity contribution in [2.75, 3.05) is 4.90 Å². The third kappa shape index (κ3) is 2.57. The zero-order valence-electron chi connectivity index (χ0n) is 14.9. The fraction of sp³-hybridized carbons (Fsp3) is 0.0500. The Hall–Kier alpha value is -4.08. The Kier molecular flexibility index (Phi) is 3.72. The standard InChI is InChI=1S/C20H10F3N5O2/c21-20(22,23)11-2-1-3-12(8-11)28-18(29)13-9-25-17-15(14(13)19(28)30)16(26-27-17)10-4-6-24-7-5-10/h1-9H,(H,25,26,27). The van der Waals surface area contributed by atoms with Crippen molar-refractivity contribution < 1.29 is 22.8 Å². The van der Waals surface area contributed by atoms with Crippen molar-refractivity contribution in [3.05, 3.63) is 71.7 Å². The Morgan fingerprint density at radius 1 is 1.00 bits per heavy atom. The molecule has 1 aromatic carbocycles. The Morgan fingerprint density at radius 3 is 2.50 bits per heavy atom. The molecule has 0 saturated heterocycles. The van der Waals surface area contributed by atoms with Gasteiger partial charge in [-0.05, 0) is 30.3 Å². The van der Waals surface area contributed by atoms with Gasteiger partial charge >= 0.3 is 6.18 Å². The molecule has 1 N–H and O–H groups in total. The maximum absolute atomic E-state index is 13.2. The van der Waals surface area contributed by atoms with E-state index in [1.807, 2.05) is 0 Å². The summed E-state index contributed by atoms with van der Waals surface area (Å²) in [5, 5.41) is 7.22. The second-order valence-corrected chi connectivity index (χ2v) is 6.57. The van der Waals surface area contributed by atoms with E-state index in [-0.39, 0.29) is 22.5 Å². The van der Waals surface area contributed by atoms with Crippen molar-refractivity contribution >= 4 is 28.5 Å². The van der Waals surface area contributed by atoms with Crippen LogP contribution >= 0.6 is 0 Å². The van der Waals surface area contributed by atoms with Crippen LogP contribution in [0.4, 0.5) is 18.9 Å². The third-order valence-electron chi connectivity index (χ3n) is 4.83. The number of aromatic amines is 1. The summed E-state index contributed by atoms with van der Waals surface area (Å²) in [4.78, 5) is 34.9. The Labute approximate surface area is 166 Å². The maximum Gasteiger partial charge on any atom is 0.416 e. The van der Waals surface area contributed by atoms with E-state index in [1.165, 1.54) is 12.3 Å². The molecule has 3 aromatic heterocycles. The molecule has 10 heteroatoms. The van der Waals surface area contributed by atoms with Crippen LogP contribution in [-0.4, -0.2) is 32.0 Å². The van der Waals surface area contributed by atoms with Crippen molar-refractivity contribution in [3.8, 4) is 11.3 Å². The Bertz CT molecular complexity index is 1330. The summed E-state index contributed by atoms with van der Waals surface area (Å²) in [6, 6.07) is 7.46. The molecule has 1 aliphatic heterocycles. The largest absolute Gasteiger partial charge is 0.416 e. The molecule has 148 valence electrons. The fourth-order valence-corrected chi connectivity index (χ4v) is 3.48. The number of benzene rings is 1. The highest BCUT2D eigenvalue weighted by Gasteiger charge is 2.41. The Morgan fingerprint density at radius 2 is 1.77 bits per heavy atom. The van der Waals surface area contributed by atoms with E-state index in [4.69, 9.17) is 0 Å². The molecule has 0 unspecified atom stereocenters. The van der Waals surface area contributed by atoms with Crippen LogP contribution in [0.5, 0.6) is 0 Å². The van der Waals surface area contributed by atoms with Gasteiger partial charge in [-0.1, -0.05) is 6.07 Å². The molecule has 5 rings (SSSR count). The summed E-state index contributed by atoms with van der Waals surface area (Å²) in [7, 11) is 0. The van der Waals surface area contributed by atoms with Gasteiger partial charge in [-0.3, -0.25) is 19.7 Å². The summed E-state index contributed by atoms with van der Waals surface area (Å²) in [5.41, 5.74) is 0.264. The van der Waals surface area contributed by atoms with E-state index in [0.717, 1.165) is 23.1 Å². The number of carbonyl (C=O) groups excluding carboxylic acids is 2. The number of nitrogens with zero attached hydrogens (tertiary/aromatic N) is 4. The lowest BCUT2D eigenvalue weighted by molar-refractivity contribution is -0.137. The average molecular weight is 409 g/mol. The van der Waals surface area contributed by atoms with Gasteiger partial charge in [0.2, 0.25) is 0 Å². The lowest BCUT2D eigenvalue weighted by atomic mass is 10.0. The number of carbonyl (C=O) groups is 2. The summed E-state index contributed by atoms with van der Waals surface area (Å²) in [5.74, 6) is -1.48. The maximum atomic E-state index is 13.2. The minimum Gasteiger partial charge on any atom is -0.275 e. The quantitative estimate of drug-likeness (QED) is 0.508. The monoisotopic (exact) mass is 409 g/mol. The van der Waals surface area contributed by atoms with Gasteiger partial charge in [-0.15, -0.1) is 0 Å². The smallest absolute Gasteiger partial charge is 0.275 e. The number of hydrogen-bond donors (Lipinski definition) is 1. The third-order valence-corrected chi connectivity index (χ3v) is 4.83. The van der Waals surface area contributed by atoms with Crippen LogP contribution < -0.4 is 4.90 Å². The molecule has 0 aliphatic carbocycles. The second kappa shape index (κ2) is 6.21. The molecule has 0 saturated carbocycles. The van der Waals surface area contributed by atoms with Gasteiger partial charge in [0.15, 0.2) is 5.65 Å². The zero-order chi connectivity index (χ0) is 21.0. The highest BCUT2D eigenvalue weighted by Crippen LogP contribution is 2.38. The minimum atomic E-state index is -4.61. The number of imide groups is 1. The zero-order valence-corrected chi connectivity index (χ0v) is 14.9. The first-order valence-electron chi connectivity index (χ1n) is 8.70. The van der Waals surface area contributed by atoms with Crippen LogP contribution in [0.25, 0.3) is 22.3 Å². The summed E-state index contributed by atoms with van der Waals surface area (Å²) in [6.07, 6.45) is -0.285. The number of pyridine rings is 2. The van der Waals surface area contributed by atoms with E-state index in [2.05, 4.69) is 20.2 Å². The van der Waals surface area contributed by atoms with E-state index in [9.17, 15) is 22.8 Å². The number of anilines is 1. The van der Waals surface area contributed by atoms with Gasteiger partial charge in [0, 0.05) is 24.2 Å². The number of H-pyrrole nitrogens is 1. The molecule has 4 heterocycles. The normalized spacial score (nSPS) is 13.9. The summed E-state index contributed by atoms with van der Waals surface area (Å²) in [6.45, 7) is 0. The molecule has 2 amide bonds. The SMILES string of the molecule is O=C1c2cnc3n[nH]c(-c4ccncc4)c3c2C(=O)N1c1cccc(C(F)(F)F)c1. The van der Waals surface area contributed by atoms with Gasteiger partial charge in [0.05, 0.1) is 33.5 Å². The molecule has 30 heavy (non-hydrogen) atoms. The van der Waals surface area contributed by atoms with Gasteiger partial charge in [-0.25, -0.2) is 9.88 Å². The van der Waals surface area contributed by atoms with Crippen molar-refractivity contribution in [3.63, 3.8) is 0 Å². The molecule has 1 aliphatic rings. The van der Waals surface area contributed by atoms with E-state index in [0.29, 0.717) is 16.6 Å². The number of rotatable bonds is 2. The molecular formula is C20H10F3N5O2. The highest BCUT2D eigenvalue weighted by atomic mass is 19.4. The summed E-state index contributed by atoms with van der Waals surface area (Å²) < 4.78 is 39.3. The molecule has 7 nitrogen and oxygen atoms in total. The molecule has 0 atom stereocenters. The van der Waals surface area contributed by atoms with E-state index in [1.54, 1.807) is 24.5 Å². The van der Waals surface area contributed by atoms with Gasteiger partial charge in [0.1, 0.15) is 0 Å². The van der Waals surface area contributed by atoms with Crippen LogP contribution in [0.15, 0.2) is 55.0 Å². The highest BCUT2D eigenvalue weighted by molar-refractivity contribution is 6.38. The van der Waals surface area contributed by atoms with Crippen LogP contribution in [-0.2, 0) is 6.18 Å². The molecule has 4 aromatic rings. The number of alkyl halides is 3. The number of amides is 2. The number of hydrogen-bond acceptors (Lipinski definition) is 5. The van der Waals surface area contributed by atoms with Crippen molar-refractivity contribution in [1.82, 2.24) is 20.2 Å². The van der Waals surface area contributed by atoms with Crippen LogP contribution in [0.3, 0.4) is 0 Å². The Balaban J connectivity index is 1.69. The first-order valence-corrected chi connectivity index (χ1v) is 8.70. The number of nitrogens with one attached hydrogen (secondary N) is 1. The van der Waals surface area contributed by atoms with Crippen molar-refractivity contribution in [1.29, 1.82) is 0 Å². The van der Waals surface area contributed by atoms with Crippen LogP contribution in [0, 0.1) is 0 Å². The fourth-order valence-electron chi connectivity index (χ4n) is 3.48. The molecule has 0 spiro atoms. The summed E-state index contributed by atoms with van der Waals surface area (Å²) >= 11 is 0. The van der Waals surface area contributed by atoms with E-state index < -0.39 is 23.6 Å². The van der Waals surface area contributed by atoms with Crippen LogP contribution in [0.1, 0.15) is 26.3 Å². The second-order valence-electron chi connectivity index (χ2n) is 6.57. The molecule has 0 radical (unpaired) electrons. The van der Waals surface area contributed by atoms with E-state index >= 15 is 0 Å². The number of halogens is 3. The van der Waals surface area contributed by atoms with Gasteiger partial charge in [-0.2, -0.15) is 18.3 Å². The molecule has 0 bridgehead atoms. The first-order chi connectivity index (χ1) is 14.4. The number of aromatic nitrogens is 4. The predicted octanol–water partition coefficient (Wildman–Crippen LogP) is 3.84. The predicted molar refractivity (Wildman–Crippen MR) is 99.7 cm³/mol. The minimum absolute atomic E-state index is 0.00150. The van der Waals surface area contributed by atoms with Gasteiger partial charge < -0.3 is 0 Å². The topological polar surface area (TPSA) is 91.8 Å². The van der Waals surface area contributed by atoms with Crippen molar-refractivity contribution in [2.24, 2.45) is 0 Å². The average Bonchev–Trinajstić information content (AvgIpc) is 3.27. The lowest BCUT2D eigenvalue weighted by Gasteiger charge is -2.16. The lowest BCUT2D eigenvalue weighted by Crippen LogP contribution is -2.29. The number of fused-ring (bicyclic) bond motifs is 3. The van der Waals surface area contributed by atoms with Gasteiger partial charge in [0.25, 0.3) is 11.8 Å². The molecule has 0 fully saturated rings. The molecular weight excluding hydrogens is 399 g/mol. The van der Waals surface area contributed by atoms with Crippen LogP contribution in [0.2, 0.25) is 0 Å².